The summed E-state index contributed by atoms with van der Waals surface area (Å²) >= 11 is 0. The first-order chi connectivity index (χ1) is 12.1. The van der Waals surface area contributed by atoms with Crippen LogP contribution in [0.25, 0.3) is 0 Å². The van der Waals surface area contributed by atoms with Crippen molar-refractivity contribution in [1.29, 1.82) is 0 Å². The number of hydrogen-bond donors (Lipinski definition) is 1. The third-order valence-electron chi connectivity index (χ3n) is 5.17. The van der Waals surface area contributed by atoms with Gasteiger partial charge in [0.05, 0.1) is 13.2 Å². The van der Waals surface area contributed by atoms with Crippen LogP contribution in [-0.4, -0.2) is 54.1 Å². The van der Waals surface area contributed by atoms with Crippen LogP contribution in [0.1, 0.15) is 17.5 Å². The van der Waals surface area contributed by atoms with Crippen LogP contribution < -0.4 is 0 Å². The van der Waals surface area contributed by atoms with E-state index in [1.54, 1.807) is 4.90 Å². The van der Waals surface area contributed by atoms with Crippen molar-refractivity contribution in [1.82, 2.24) is 9.80 Å². The smallest absolute Gasteiger partial charge is 0.236 e. The highest BCUT2D eigenvalue weighted by molar-refractivity contribution is 5.78. The molecule has 25 heavy (non-hydrogen) atoms. The Morgan fingerprint density at radius 1 is 1.12 bits per heavy atom. The molecule has 1 amide bonds. The maximum absolute atomic E-state index is 12.6. The Morgan fingerprint density at radius 3 is 2.40 bits per heavy atom. The van der Waals surface area contributed by atoms with Gasteiger partial charge in [-0.25, -0.2) is 0 Å². The minimum Gasteiger partial charge on any atom is -0.395 e. The minimum absolute atomic E-state index is 0.113. The Morgan fingerprint density at radius 2 is 1.76 bits per heavy atom. The molecule has 0 radical (unpaired) electrons. The molecular weight excluding hydrogens is 312 g/mol. The van der Waals surface area contributed by atoms with Crippen molar-refractivity contribution in [2.45, 2.75) is 18.4 Å². The summed E-state index contributed by atoms with van der Waals surface area (Å²) in [5.74, 6) is 0.116. The number of aliphatic hydroxyl groups excluding tert-OH is 1. The zero-order valence-corrected chi connectivity index (χ0v) is 14.8. The van der Waals surface area contributed by atoms with E-state index in [4.69, 9.17) is 0 Å². The fourth-order valence-corrected chi connectivity index (χ4v) is 3.60. The largest absolute Gasteiger partial charge is 0.395 e. The lowest BCUT2D eigenvalue weighted by Crippen LogP contribution is -2.40. The Bertz CT molecular complexity index is 690. The van der Waals surface area contributed by atoms with Gasteiger partial charge in [-0.2, -0.15) is 0 Å². The maximum atomic E-state index is 12.6. The van der Waals surface area contributed by atoms with E-state index >= 15 is 0 Å². The highest BCUT2D eigenvalue weighted by Crippen LogP contribution is 2.34. The second-order valence-corrected chi connectivity index (χ2v) is 7.00. The van der Waals surface area contributed by atoms with Gasteiger partial charge < -0.3 is 10.0 Å². The van der Waals surface area contributed by atoms with Crippen LogP contribution in [0.4, 0.5) is 0 Å². The van der Waals surface area contributed by atoms with Crippen LogP contribution in [-0.2, 0) is 16.8 Å². The average molecular weight is 338 g/mol. The predicted molar refractivity (Wildman–Crippen MR) is 99.2 cm³/mol. The zero-order valence-electron chi connectivity index (χ0n) is 14.8. The molecule has 0 bridgehead atoms. The van der Waals surface area contributed by atoms with E-state index < -0.39 is 0 Å². The third kappa shape index (κ3) is 4.09. The first-order valence-electron chi connectivity index (χ1n) is 8.80. The lowest BCUT2D eigenvalue weighted by molar-refractivity contribution is -0.131. The van der Waals surface area contributed by atoms with Gasteiger partial charge in [0, 0.05) is 25.6 Å². The summed E-state index contributed by atoms with van der Waals surface area (Å²) in [6.07, 6.45) is 0.878. The Hall–Kier alpha value is -2.17. The second kappa shape index (κ2) is 7.81. The Labute approximate surface area is 149 Å². The number of nitrogens with zero attached hydrogens (tertiary/aromatic N) is 2. The molecule has 132 valence electrons. The first-order valence-corrected chi connectivity index (χ1v) is 8.80. The van der Waals surface area contributed by atoms with Gasteiger partial charge in [0.1, 0.15) is 0 Å². The highest BCUT2D eigenvalue weighted by atomic mass is 16.3. The lowest BCUT2D eigenvalue weighted by Gasteiger charge is -2.28. The van der Waals surface area contributed by atoms with Crippen molar-refractivity contribution in [3.63, 3.8) is 0 Å². The summed E-state index contributed by atoms with van der Waals surface area (Å²) in [4.78, 5) is 16.5. The summed E-state index contributed by atoms with van der Waals surface area (Å²) in [5, 5.41) is 10.0. The molecule has 1 aliphatic rings. The van der Waals surface area contributed by atoms with E-state index in [9.17, 15) is 9.90 Å². The number of likely N-dealkylation sites (tertiary alicyclic amines) is 1. The number of amides is 1. The molecule has 1 unspecified atom stereocenters. The molecule has 0 spiro atoms. The van der Waals surface area contributed by atoms with Crippen LogP contribution in [0.5, 0.6) is 0 Å². The minimum atomic E-state index is -0.250. The van der Waals surface area contributed by atoms with E-state index in [0.717, 1.165) is 30.6 Å². The van der Waals surface area contributed by atoms with Crippen LogP contribution >= 0.6 is 0 Å². The fourth-order valence-electron chi connectivity index (χ4n) is 3.60. The standard InChI is InChI=1S/C21H26N2O2/c1-22(14-18-8-4-2-5-9-18)20(25)15-23-13-12-21(16-23,17-24)19-10-6-3-7-11-19/h2-11,24H,12-17H2,1H3. The molecular formula is C21H26N2O2. The maximum Gasteiger partial charge on any atom is 0.236 e. The number of likely N-dealkylation sites (N-methyl/N-ethyl adjacent to an activating group) is 1. The molecule has 0 aromatic heterocycles. The summed E-state index contributed by atoms with van der Waals surface area (Å²) in [7, 11) is 1.85. The number of hydrogen-bond acceptors (Lipinski definition) is 3. The quantitative estimate of drug-likeness (QED) is 0.879. The number of benzene rings is 2. The number of rotatable bonds is 6. The van der Waals surface area contributed by atoms with Crippen molar-refractivity contribution in [2.75, 3.05) is 33.3 Å². The fraction of sp³-hybridized carbons (Fsp3) is 0.381. The summed E-state index contributed by atoms with van der Waals surface area (Å²) < 4.78 is 0. The molecule has 3 rings (SSSR count). The van der Waals surface area contributed by atoms with Gasteiger partial charge in [0.15, 0.2) is 0 Å². The normalized spacial score (nSPS) is 20.6. The highest BCUT2D eigenvalue weighted by Gasteiger charge is 2.39. The van der Waals surface area contributed by atoms with Gasteiger partial charge in [0.2, 0.25) is 5.91 Å². The molecule has 1 heterocycles. The van der Waals surface area contributed by atoms with Crippen LogP contribution in [0.3, 0.4) is 0 Å². The van der Waals surface area contributed by atoms with E-state index in [0.29, 0.717) is 13.1 Å². The van der Waals surface area contributed by atoms with Crippen molar-refractivity contribution in [3.8, 4) is 0 Å². The molecule has 1 N–H and O–H groups in total. The number of aliphatic hydroxyl groups is 1. The predicted octanol–water partition coefficient (Wildman–Crippen LogP) is 2.28. The molecule has 4 heteroatoms. The van der Waals surface area contributed by atoms with Gasteiger partial charge in [0.25, 0.3) is 0 Å². The van der Waals surface area contributed by atoms with E-state index in [1.165, 1.54) is 0 Å². The van der Waals surface area contributed by atoms with Crippen molar-refractivity contribution >= 4 is 5.91 Å². The summed E-state index contributed by atoms with van der Waals surface area (Å²) in [6, 6.07) is 20.2. The molecule has 1 aliphatic heterocycles. The zero-order chi connectivity index (χ0) is 17.7. The number of carbonyl (C=O) groups excluding carboxylic acids is 1. The third-order valence-corrected chi connectivity index (χ3v) is 5.17. The summed E-state index contributed by atoms with van der Waals surface area (Å²) in [5.41, 5.74) is 2.04. The van der Waals surface area contributed by atoms with E-state index in [-0.39, 0.29) is 17.9 Å². The van der Waals surface area contributed by atoms with Crippen LogP contribution in [0.15, 0.2) is 60.7 Å². The van der Waals surface area contributed by atoms with Gasteiger partial charge >= 0.3 is 0 Å². The Kier molecular flexibility index (Phi) is 5.51. The van der Waals surface area contributed by atoms with Crippen LogP contribution in [0.2, 0.25) is 0 Å². The molecule has 1 fully saturated rings. The van der Waals surface area contributed by atoms with Crippen molar-refractivity contribution in [3.05, 3.63) is 71.8 Å². The first kappa shape index (κ1) is 17.6. The lowest BCUT2D eigenvalue weighted by atomic mass is 9.80. The monoisotopic (exact) mass is 338 g/mol. The number of carbonyl (C=O) groups is 1. The van der Waals surface area contributed by atoms with E-state index in [1.807, 2.05) is 55.6 Å². The average Bonchev–Trinajstić information content (AvgIpc) is 3.07. The van der Waals surface area contributed by atoms with Gasteiger partial charge in [-0.1, -0.05) is 60.7 Å². The second-order valence-electron chi connectivity index (χ2n) is 7.00. The molecule has 2 aromatic carbocycles. The molecule has 0 saturated carbocycles. The van der Waals surface area contributed by atoms with Crippen LogP contribution in [0, 0.1) is 0 Å². The van der Waals surface area contributed by atoms with Gasteiger partial charge in [-0.05, 0) is 24.1 Å². The SMILES string of the molecule is CN(Cc1ccccc1)C(=O)CN1CCC(CO)(c2ccccc2)C1. The molecule has 1 atom stereocenters. The molecule has 4 nitrogen and oxygen atoms in total. The molecule has 2 aromatic rings. The summed E-state index contributed by atoms with van der Waals surface area (Å²) in [6.45, 7) is 2.69. The molecule has 1 saturated heterocycles. The molecule has 0 aliphatic carbocycles. The Balaban J connectivity index is 1.59. The van der Waals surface area contributed by atoms with Crippen molar-refractivity contribution < 1.29 is 9.90 Å². The van der Waals surface area contributed by atoms with E-state index in [2.05, 4.69) is 17.0 Å². The topological polar surface area (TPSA) is 43.8 Å². The van der Waals surface area contributed by atoms with Gasteiger partial charge in [-0.3, -0.25) is 9.69 Å². The van der Waals surface area contributed by atoms with Gasteiger partial charge in [-0.15, -0.1) is 0 Å². The van der Waals surface area contributed by atoms with Crippen molar-refractivity contribution in [2.24, 2.45) is 0 Å².